The smallest absolute Gasteiger partial charge is 0.184 e. The number of hydrogen-bond acceptors (Lipinski definition) is 4. The van der Waals surface area contributed by atoms with Crippen LogP contribution in [0.15, 0.2) is 29.6 Å². The SMILES string of the molecule is COc1cccc(OC)c1C(=O)CC(C)(C)CC(C)=CP=O. The van der Waals surface area contributed by atoms with E-state index in [9.17, 15) is 9.36 Å². The van der Waals surface area contributed by atoms with Crippen molar-refractivity contribution in [1.82, 2.24) is 0 Å². The molecule has 0 heterocycles. The molecule has 0 fully saturated rings. The van der Waals surface area contributed by atoms with E-state index >= 15 is 0 Å². The third-order valence-corrected chi connectivity index (χ3v) is 3.92. The average molecular weight is 322 g/mol. The first-order valence-corrected chi connectivity index (χ1v) is 7.95. The van der Waals surface area contributed by atoms with Gasteiger partial charge in [0.05, 0.1) is 14.2 Å². The molecule has 0 aliphatic rings. The fourth-order valence-electron chi connectivity index (χ4n) is 2.60. The van der Waals surface area contributed by atoms with Crippen LogP contribution in [0, 0.1) is 5.41 Å². The molecule has 4 nitrogen and oxygen atoms in total. The highest BCUT2D eigenvalue weighted by Gasteiger charge is 2.27. The standard InChI is InChI=1S/C17H23O4P/c1-12(11-22-19)9-17(2,3)10-13(18)16-14(20-4)7-6-8-15(16)21-5/h6-8,11H,9-10H2,1-5H3. The molecule has 0 saturated heterocycles. The van der Waals surface area contributed by atoms with Crippen LogP contribution in [0.2, 0.25) is 0 Å². The number of carbonyl (C=O) groups excluding carboxylic acids is 1. The van der Waals surface area contributed by atoms with Crippen LogP contribution < -0.4 is 9.47 Å². The molecular formula is C17H23O4P. The molecule has 0 spiro atoms. The fourth-order valence-corrected chi connectivity index (χ4v) is 2.87. The number of carbonyl (C=O) groups is 1. The van der Waals surface area contributed by atoms with Gasteiger partial charge in [-0.2, -0.15) is 0 Å². The lowest BCUT2D eigenvalue weighted by Crippen LogP contribution is -2.18. The van der Waals surface area contributed by atoms with E-state index < -0.39 is 0 Å². The van der Waals surface area contributed by atoms with Gasteiger partial charge in [0.15, 0.2) is 14.2 Å². The summed E-state index contributed by atoms with van der Waals surface area (Å²) in [4.78, 5) is 12.7. The van der Waals surface area contributed by atoms with Crippen LogP contribution in [-0.2, 0) is 4.57 Å². The minimum Gasteiger partial charge on any atom is -0.496 e. The summed E-state index contributed by atoms with van der Waals surface area (Å²) < 4.78 is 21.2. The number of ketones is 1. The number of ether oxygens (including phenoxy) is 2. The summed E-state index contributed by atoms with van der Waals surface area (Å²) in [5.41, 5.74) is 1.24. The first-order chi connectivity index (χ1) is 10.3. The highest BCUT2D eigenvalue weighted by molar-refractivity contribution is 7.27. The third kappa shape index (κ3) is 4.96. The second-order valence-electron chi connectivity index (χ2n) is 6.06. The molecule has 0 aliphatic heterocycles. The van der Waals surface area contributed by atoms with Gasteiger partial charge in [-0.3, -0.25) is 9.36 Å². The molecule has 120 valence electrons. The number of benzene rings is 1. The van der Waals surface area contributed by atoms with Crippen molar-refractivity contribution in [2.75, 3.05) is 14.2 Å². The molecular weight excluding hydrogens is 299 g/mol. The van der Waals surface area contributed by atoms with Gasteiger partial charge < -0.3 is 9.47 Å². The topological polar surface area (TPSA) is 52.6 Å². The first-order valence-electron chi connectivity index (χ1n) is 7.07. The molecule has 22 heavy (non-hydrogen) atoms. The van der Waals surface area contributed by atoms with Gasteiger partial charge in [0.1, 0.15) is 17.1 Å². The minimum absolute atomic E-state index is 0.00371. The summed E-state index contributed by atoms with van der Waals surface area (Å²) in [7, 11) is 3.07. The Balaban J connectivity index is 3.02. The monoisotopic (exact) mass is 322 g/mol. The van der Waals surface area contributed by atoms with Gasteiger partial charge in [0, 0.05) is 12.2 Å². The van der Waals surface area contributed by atoms with Crippen LogP contribution in [0.1, 0.15) is 44.0 Å². The molecule has 1 aromatic rings. The zero-order chi connectivity index (χ0) is 16.8. The zero-order valence-corrected chi connectivity index (χ0v) is 14.7. The van der Waals surface area contributed by atoms with Crippen molar-refractivity contribution in [3.63, 3.8) is 0 Å². The molecule has 1 aromatic carbocycles. The largest absolute Gasteiger partial charge is 0.496 e. The van der Waals surface area contributed by atoms with Gasteiger partial charge in [-0.25, -0.2) is 0 Å². The van der Waals surface area contributed by atoms with E-state index in [1.807, 2.05) is 20.8 Å². The van der Waals surface area contributed by atoms with E-state index in [0.29, 0.717) is 29.9 Å². The second kappa shape index (κ2) is 8.09. The summed E-state index contributed by atoms with van der Waals surface area (Å²) in [6, 6.07) is 5.30. The van der Waals surface area contributed by atoms with Crippen molar-refractivity contribution in [3.8, 4) is 11.5 Å². The summed E-state index contributed by atoms with van der Waals surface area (Å²) in [6.45, 7) is 5.96. The molecule has 0 aliphatic carbocycles. The van der Waals surface area contributed by atoms with E-state index in [2.05, 4.69) is 0 Å². The Morgan fingerprint density at radius 3 is 2.18 bits per heavy atom. The van der Waals surface area contributed by atoms with Crippen molar-refractivity contribution in [1.29, 1.82) is 0 Å². The molecule has 0 N–H and O–H groups in total. The number of methoxy groups -OCH3 is 2. The molecule has 0 aromatic heterocycles. The Labute approximate surface area is 133 Å². The van der Waals surface area contributed by atoms with E-state index in [1.54, 1.807) is 24.0 Å². The average Bonchev–Trinajstić information content (AvgIpc) is 2.45. The fraction of sp³-hybridized carbons (Fsp3) is 0.471. The highest BCUT2D eigenvalue weighted by atomic mass is 31.1. The molecule has 0 saturated carbocycles. The maximum atomic E-state index is 12.7. The molecule has 0 unspecified atom stereocenters. The lowest BCUT2D eigenvalue weighted by atomic mass is 9.80. The van der Waals surface area contributed by atoms with E-state index in [-0.39, 0.29) is 19.7 Å². The molecule has 0 atom stereocenters. The van der Waals surface area contributed by atoms with Gasteiger partial charge in [-0.15, -0.1) is 0 Å². The van der Waals surface area contributed by atoms with Crippen LogP contribution >= 0.6 is 8.46 Å². The van der Waals surface area contributed by atoms with Crippen molar-refractivity contribution in [3.05, 3.63) is 35.2 Å². The Hall–Kier alpha value is -1.67. The summed E-state index contributed by atoms with van der Waals surface area (Å²) >= 11 is 0. The van der Waals surface area contributed by atoms with E-state index in [1.165, 1.54) is 14.2 Å². The molecule has 1 rings (SSSR count). The molecule has 0 radical (unpaired) electrons. The maximum absolute atomic E-state index is 12.7. The maximum Gasteiger partial charge on any atom is 0.184 e. The van der Waals surface area contributed by atoms with Crippen molar-refractivity contribution in [2.24, 2.45) is 5.41 Å². The Morgan fingerprint density at radius 1 is 1.18 bits per heavy atom. The van der Waals surface area contributed by atoms with Crippen LogP contribution in [0.5, 0.6) is 11.5 Å². The van der Waals surface area contributed by atoms with Gasteiger partial charge >= 0.3 is 0 Å². The van der Waals surface area contributed by atoms with Crippen LogP contribution in [0.3, 0.4) is 0 Å². The van der Waals surface area contributed by atoms with Crippen LogP contribution in [0.25, 0.3) is 0 Å². The normalized spacial score (nSPS) is 12.3. The lowest BCUT2D eigenvalue weighted by Gasteiger charge is -2.25. The van der Waals surface area contributed by atoms with Gasteiger partial charge in [0.25, 0.3) is 0 Å². The van der Waals surface area contributed by atoms with Crippen molar-refractivity contribution >= 4 is 14.2 Å². The lowest BCUT2D eigenvalue weighted by molar-refractivity contribution is 0.0925. The van der Waals surface area contributed by atoms with Gasteiger partial charge in [-0.05, 0) is 30.9 Å². The second-order valence-corrected chi connectivity index (χ2v) is 6.53. The third-order valence-electron chi connectivity index (χ3n) is 3.38. The summed E-state index contributed by atoms with van der Waals surface area (Å²) in [5.74, 6) is 2.65. The minimum atomic E-state index is -0.242. The van der Waals surface area contributed by atoms with Crippen molar-refractivity contribution < 1.29 is 18.8 Å². The van der Waals surface area contributed by atoms with E-state index in [0.717, 1.165) is 5.57 Å². The van der Waals surface area contributed by atoms with Crippen LogP contribution in [0.4, 0.5) is 0 Å². The van der Waals surface area contributed by atoms with Crippen molar-refractivity contribution in [2.45, 2.75) is 33.6 Å². The predicted molar refractivity (Wildman–Crippen MR) is 88.3 cm³/mol. The summed E-state index contributed by atoms with van der Waals surface area (Å²) in [6.07, 6.45) is 1.05. The Bertz CT molecular complexity index is 554. The summed E-state index contributed by atoms with van der Waals surface area (Å²) in [5, 5.41) is 0. The Morgan fingerprint density at radius 2 is 1.73 bits per heavy atom. The zero-order valence-electron chi connectivity index (χ0n) is 13.8. The molecule has 0 amide bonds. The number of hydrogen-bond donors (Lipinski definition) is 0. The van der Waals surface area contributed by atoms with Gasteiger partial charge in [0.2, 0.25) is 0 Å². The molecule has 5 heteroatoms. The number of allylic oxidation sites excluding steroid dienone is 1. The number of Topliss-reactive ketones (excluding diaryl/α,β-unsaturated/α-hetero) is 1. The van der Waals surface area contributed by atoms with E-state index in [4.69, 9.17) is 9.47 Å². The quantitative estimate of drug-likeness (QED) is 0.505. The Kier molecular flexibility index (Phi) is 6.76. The number of rotatable bonds is 8. The first kappa shape index (κ1) is 18.4. The molecule has 0 bridgehead atoms. The predicted octanol–water partition coefficient (Wildman–Crippen LogP) is 4.89. The van der Waals surface area contributed by atoms with Crippen LogP contribution in [-0.4, -0.2) is 20.0 Å². The van der Waals surface area contributed by atoms with Gasteiger partial charge in [-0.1, -0.05) is 25.5 Å². The highest BCUT2D eigenvalue weighted by Crippen LogP contribution is 2.35.